The molecular formula is C20H24N2O6S. The van der Waals surface area contributed by atoms with Crippen LogP contribution >= 0.6 is 0 Å². The Morgan fingerprint density at radius 3 is 2.52 bits per heavy atom. The van der Waals surface area contributed by atoms with Crippen LogP contribution in [0.15, 0.2) is 48.5 Å². The molecule has 1 aliphatic rings. The number of nitrogens with zero attached hydrogens (tertiary/aromatic N) is 1. The zero-order chi connectivity index (χ0) is 20.9. The summed E-state index contributed by atoms with van der Waals surface area (Å²) >= 11 is 0. The summed E-state index contributed by atoms with van der Waals surface area (Å²) in [5, 5.41) is 2.71. The fraction of sp³-hybridized carbons (Fsp3) is 0.350. The Labute approximate surface area is 170 Å². The molecule has 0 aromatic heterocycles. The van der Waals surface area contributed by atoms with Crippen molar-refractivity contribution in [2.75, 3.05) is 36.9 Å². The number of carbonyl (C=O) groups excluding carboxylic acids is 1. The highest BCUT2D eigenvalue weighted by atomic mass is 32.2. The zero-order valence-electron chi connectivity index (χ0n) is 16.3. The van der Waals surface area contributed by atoms with Crippen LogP contribution in [0.5, 0.6) is 17.2 Å². The van der Waals surface area contributed by atoms with E-state index in [0.29, 0.717) is 36.1 Å². The van der Waals surface area contributed by atoms with E-state index in [1.165, 1.54) is 6.92 Å². The summed E-state index contributed by atoms with van der Waals surface area (Å²) in [6, 6.07) is 13.1. The lowest BCUT2D eigenvalue weighted by Crippen LogP contribution is -2.48. The van der Waals surface area contributed by atoms with Gasteiger partial charge in [-0.1, -0.05) is 18.2 Å². The molecule has 9 heteroatoms. The number of hydrogen-bond donors (Lipinski definition) is 1. The van der Waals surface area contributed by atoms with Crippen molar-refractivity contribution in [3.8, 4) is 17.2 Å². The van der Waals surface area contributed by atoms with Crippen LogP contribution in [-0.4, -0.2) is 53.0 Å². The molecule has 1 N–H and O–H groups in total. The van der Waals surface area contributed by atoms with Crippen molar-refractivity contribution in [1.82, 2.24) is 5.32 Å². The summed E-state index contributed by atoms with van der Waals surface area (Å²) in [7, 11) is -3.72. The van der Waals surface area contributed by atoms with Crippen LogP contribution in [0.25, 0.3) is 0 Å². The molecule has 0 unspecified atom stereocenters. The molecule has 0 fully saturated rings. The van der Waals surface area contributed by atoms with Gasteiger partial charge in [-0.25, -0.2) is 8.42 Å². The third-order valence-corrected chi connectivity index (χ3v) is 5.52. The summed E-state index contributed by atoms with van der Waals surface area (Å²) < 4.78 is 42.4. The van der Waals surface area contributed by atoms with Crippen LogP contribution < -0.4 is 23.8 Å². The minimum absolute atomic E-state index is 0.247. The highest BCUT2D eigenvalue weighted by Crippen LogP contribution is 2.35. The van der Waals surface area contributed by atoms with Gasteiger partial charge in [0.2, 0.25) is 15.9 Å². The maximum Gasteiger partial charge on any atom is 0.243 e. The van der Waals surface area contributed by atoms with Crippen molar-refractivity contribution in [1.29, 1.82) is 0 Å². The van der Waals surface area contributed by atoms with Gasteiger partial charge in [0.25, 0.3) is 0 Å². The minimum atomic E-state index is -3.72. The molecule has 0 bridgehead atoms. The standard InChI is InChI=1S/C20H24N2O6S/c1-15(20(23)21-10-11-26-17-6-4-3-5-7-17)22(29(2,24)25)16-8-9-18-19(14-16)28-13-12-27-18/h3-9,14-15H,10-13H2,1-2H3,(H,21,23)/t15-/m0/s1. The van der Waals surface area contributed by atoms with Crippen LogP contribution in [0.2, 0.25) is 0 Å². The summed E-state index contributed by atoms with van der Waals surface area (Å²) in [5.41, 5.74) is 0.333. The third kappa shape index (κ3) is 5.32. The van der Waals surface area contributed by atoms with E-state index >= 15 is 0 Å². The molecule has 156 valence electrons. The Kier molecular flexibility index (Phi) is 6.48. The lowest BCUT2D eigenvalue weighted by Gasteiger charge is -2.29. The summed E-state index contributed by atoms with van der Waals surface area (Å²) in [5.74, 6) is 1.26. The van der Waals surface area contributed by atoms with Crippen LogP contribution in [0.1, 0.15) is 6.92 Å². The van der Waals surface area contributed by atoms with Gasteiger partial charge in [-0.2, -0.15) is 0 Å². The molecule has 1 aliphatic heterocycles. The number of amides is 1. The SMILES string of the molecule is C[C@@H](C(=O)NCCOc1ccccc1)N(c1ccc2c(c1)OCCO2)S(C)(=O)=O. The van der Waals surface area contributed by atoms with Gasteiger partial charge >= 0.3 is 0 Å². The maximum atomic E-state index is 12.6. The molecule has 29 heavy (non-hydrogen) atoms. The number of carbonyl (C=O) groups is 1. The normalized spacial score (nSPS) is 14.0. The van der Waals surface area contributed by atoms with E-state index in [9.17, 15) is 13.2 Å². The molecule has 3 rings (SSSR count). The van der Waals surface area contributed by atoms with E-state index in [1.807, 2.05) is 30.3 Å². The minimum Gasteiger partial charge on any atom is -0.492 e. The largest absolute Gasteiger partial charge is 0.492 e. The Bertz CT molecular complexity index is 949. The average Bonchev–Trinajstić information content (AvgIpc) is 2.70. The molecule has 1 heterocycles. The van der Waals surface area contributed by atoms with Crippen LogP contribution in [0, 0.1) is 0 Å². The first-order valence-corrected chi connectivity index (χ1v) is 11.1. The number of nitrogens with one attached hydrogen (secondary N) is 1. The van der Waals surface area contributed by atoms with Crippen LogP contribution in [0.4, 0.5) is 5.69 Å². The molecule has 0 radical (unpaired) electrons. The number of anilines is 1. The van der Waals surface area contributed by atoms with Gasteiger partial charge in [0.15, 0.2) is 11.5 Å². The van der Waals surface area contributed by atoms with Gasteiger partial charge in [0.05, 0.1) is 18.5 Å². The second kappa shape index (κ2) is 9.04. The molecule has 0 aliphatic carbocycles. The molecule has 1 amide bonds. The molecule has 8 nitrogen and oxygen atoms in total. The first-order chi connectivity index (χ1) is 13.9. The quantitative estimate of drug-likeness (QED) is 0.655. The van der Waals surface area contributed by atoms with E-state index < -0.39 is 22.0 Å². The van der Waals surface area contributed by atoms with E-state index in [2.05, 4.69) is 5.32 Å². The number of sulfonamides is 1. The second-order valence-electron chi connectivity index (χ2n) is 6.52. The fourth-order valence-corrected chi connectivity index (χ4v) is 4.15. The summed E-state index contributed by atoms with van der Waals surface area (Å²) in [6.45, 7) is 2.87. The first-order valence-electron chi connectivity index (χ1n) is 9.21. The van der Waals surface area contributed by atoms with Crippen molar-refractivity contribution in [3.05, 3.63) is 48.5 Å². The van der Waals surface area contributed by atoms with Crippen molar-refractivity contribution in [2.24, 2.45) is 0 Å². The van der Waals surface area contributed by atoms with Crippen LogP contribution in [0.3, 0.4) is 0 Å². The molecule has 2 aromatic carbocycles. The summed E-state index contributed by atoms with van der Waals surface area (Å²) in [4.78, 5) is 12.6. The second-order valence-corrected chi connectivity index (χ2v) is 8.37. The van der Waals surface area contributed by atoms with Crippen molar-refractivity contribution in [3.63, 3.8) is 0 Å². The Balaban J connectivity index is 1.66. The van der Waals surface area contributed by atoms with Gasteiger partial charge in [0, 0.05) is 6.07 Å². The summed E-state index contributed by atoms with van der Waals surface area (Å²) in [6.07, 6.45) is 1.06. The number of benzene rings is 2. The number of hydrogen-bond acceptors (Lipinski definition) is 6. The van der Waals surface area contributed by atoms with Gasteiger partial charge in [-0.3, -0.25) is 9.10 Å². The molecule has 2 aromatic rings. The van der Waals surface area contributed by atoms with Crippen molar-refractivity contribution < 1.29 is 27.4 Å². The molecule has 0 saturated heterocycles. The zero-order valence-corrected chi connectivity index (χ0v) is 17.1. The number of fused-ring (bicyclic) bond motifs is 1. The van der Waals surface area contributed by atoms with Crippen LogP contribution in [-0.2, 0) is 14.8 Å². The maximum absolute atomic E-state index is 12.6. The predicted molar refractivity (Wildman–Crippen MR) is 109 cm³/mol. The fourth-order valence-electron chi connectivity index (χ4n) is 2.99. The molecular weight excluding hydrogens is 396 g/mol. The smallest absolute Gasteiger partial charge is 0.243 e. The average molecular weight is 420 g/mol. The van der Waals surface area contributed by atoms with E-state index in [4.69, 9.17) is 14.2 Å². The van der Waals surface area contributed by atoms with Gasteiger partial charge in [0.1, 0.15) is 31.6 Å². The van der Waals surface area contributed by atoms with E-state index in [1.54, 1.807) is 18.2 Å². The Morgan fingerprint density at radius 2 is 1.83 bits per heavy atom. The molecule has 1 atom stereocenters. The topological polar surface area (TPSA) is 94.2 Å². The molecule has 0 saturated carbocycles. The lowest BCUT2D eigenvalue weighted by molar-refractivity contribution is -0.121. The van der Waals surface area contributed by atoms with E-state index in [0.717, 1.165) is 10.6 Å². The van der Waals surface area contributed by atoms with E-state index in [-0.39, 0.29) is 13.2 Å². The predicted octanol–water partition coefficient (Wildman–Crippen LogP) is 1.81. The number of ether oxygens (including phenoxy) is 3. The van der Waals surface area contributed by atoms with Gasteiger partial charge in [-0.05, 0) is 31.2 Å². The van der Waals surface area contributed by atoms with Crippen molar-refractivity contribution in [2.45, 2.75) is 13.0 Å². The highest BCUT2D eigenvalue weighted by Gasteiger charge is 2.30. The number of para-hydroxylation sites is 1. The van der Waals surface area contributed by atoms with Gasteiger partial charge < -0.3 is 19.5 Å². The highest BCUT2D eigenvalue weighted by molar-refractivity contribution is 7.92. The Morgan fingerprint density at radius 1 is 1.14 bits per heavy atom. The Hall–Kier alpha value is -2.94. The number of rotatable bonds is 8. The monoisotopic (exact) mass is 420 g/mol. The van der Waals surface area contributed by atoms with Gasteiger partial charge in [-0.15, -0.1) is 0 Å². The third-order valence-electron chi connectivity index (χ3n) is 4.28. The lowest BCUT2D eigenvalue weighted by atomic mass is 10.2. The molecule has 0 spiro atoms. The van der Waals surface area contributed by atoms with Crippen molar-refractivity contribution >= 4 is 21.6 Å². The first kappa shape index (κ1) is 20.8.